The van der Waals surface area contributed by atoms with Crippen LogP contribution in [0.1, 0.15) is 5.56 Å². The molecule has 0 spiro atoms. The van der Waals surface area contributed by atoms with Crippen molar-refractivity contribution in [1.29, 1.82) is 0 Å². The van der Waals surface area contributed by atoms with Crippen LogP contribution in [0, 0.1) is 0 Å². The van der Waals surface area contributed by atoms with E-state index in [0.29, 0.717) is 0 Å². The van der Waals surface area contributed by atoms with E-state index in [0.717, 1.165) is 11.6 Å². The van der Waals surface area contributed by atoms with Crippen molar-refractivity contribution in [2.75, 3.05) is 0 Å². The summed E-state index contributed by atoms with van der Waals surface area (Å²) in [6.07, 6.45) is 4.28. The van der Waals surface area contributed by atoms with Gasteiger partial charge in [0.2, 0.25) is 0 Å². The molecule has 0 atom stereocenters. The van der Waals surface area contributed by atoms with Crippen LogP contribution in [0.4, 0.5) is 0 Å². The number of hydrogen-bond acceptors (Lipinski definition) is 1. The van der Waals surface area contributed by atoms with Crippen LogP contribution < -0.4 is 0 Å². The lowest BCUT2D eigenvalue weighted by molar-refractivity contribution is -0.110. The van der Waals surface area contributed by atoms with Gasteiger partial charge in [-0.2, -0.15) is 0 Å². The Morgan fingerprint density at radius 2 is 1.79 bits per heavy atom. The smallest absolute Gasteiger partial charge is 0.181 e. The van der Waals surface area contributed by atoms with Crippen LogP contribution in [0.15, 0.2) is 47.0 Å². The largest absolute Gasteiger partial charge is 0.290 e. The molecule has 1 rings (SSSR count). The number of hydrogen-bond donors (Lipinski definition) is 0. The minimum atomic E-state index is -0.228. The van der Waals surface area contributed by atoms with Gasteiger partial charge in [-0.25, -0.2) is 0 Å². The van der Waals surface area contributed by atoms with Crippen molar-refractivity contribution in [2.45, 2.75) is 0 Å². The second-order valence-corrected chi connectivity index (χ2v) is 3.59. The third-order valence-corrected chi connectivity index (χ3v) is 1.71. The lowest BCUT2D eigenvalue weighted by Crippen LogP contribution is -1.84. The molecule has 72 valence electrons. The van der Waals surface area contributed by atoms with Gasteiger partial charge in [0.15, 0.2) is 5.78 Å². The molecule has 0 fully saturated rings. The van der Waals surface area contributed by atoms with E-state index in [1.165, 1.54) is 6.08 Å². The summed E-state index contributed by atoms with van der Waals surface area (Å²) < 4.78 is -0.0345. The summed E-state index contributed by atoms with van der Waals surface area (Å²) in [6, 6.07) is 9.50. The van der Waals surface area contributed by atoms with Crippen LogP contribution in [0.25, 0.3) is 6.08 Å². The first-order valence-corrected chi connectivity index (χ1v) is 4.74. The van der Waals surface area contributed by atoms with Gasteiger partial charge in [-0.1, -0.05) is 59.6 Å². The number of allylic oxidation sites excluding steroid dienone is 2. The minimum absolute atomic E-state index is 0.0345. The Balaban J connectivity index is 2.66. The third-order valence-electron chi connectivity index (χ3n) is 1.49. The fourth-order valence-corrected chi connectivity index (χ4v) is 1.11. The van der Waals surface area contributed by atoms with E-state index in [-0.39, 0.29) is 10.3 Å². The molecule has 14 heavy (non-hydrogen) atoms. The summed E-state index contributed by atoms with van der Waals surface area (Å²) in [5.41, 5.74) is 0.958. The molecule has 0 saturated carbocycles. The van der Waals surface area contributed by atoms with Crippen LogP contribution >= 0.6 is 23.2 Å². The SMILES string of the molecule is O=C(C=C(Cl)Cl)/C=C/c1ccccc1. The molecule has 0 saturated heterocycles. The fourth-order valence-electron chi connectivity index (χ4n) is 0.898. The van der Waals surface area contributed by atoms with E-state index < -0.39 is 0 Å². The summed E-state index contributed by atoms with van der Waals surface area (Å²) in [7, 11) is 0. The summed E-state index contributed by atoms with van der Waals surface area (Å²) >= 11 is 10.7. The van der Waals surface area contributed by atoms with Crippen molar-refractivity contribution in [3.05, 3.63) is 52.5 Å². The van der Waals surface area contributed by atoms with E-state index in [1.807, 2.05) is 30.3 Å². The molecule has 0 radical (unpaired) electrons. The van der Waals surface area contributed by atoms with E-state index in [1.54, 1.807) is 6.08 Å². The Kier molecular flexibility index (Phi) is 4.44. The fraction of sp³-hybridized carbons (Fsp3) is 0. The molecule has 0 aliphatic rings. The number of benzene rings is 1. The summed E-state index contributed by atoms with van der Waals surface area (Å²) in [6.45, 7) is 0. The van der Waals surface area contributed by atoms with Crippen LogP contribution in [-0.4, -0.2) is 5.78 Å². The first kappa shape index (κ1) is 11.0. The Bertz CT molecular complexity index is 362. The lowest BCUT2D eigenvalue weighted by Gasteiger charge is -1.89. The molecule has 1 aromatic rings. The zero-order valence-electron chi connectivity index (χ0n) is 7.28. The van der Waals surface area contributed by atoms with Gasteiger partial charge in [0.05, 0.1) is 0 Å². The molecule has 0 aliphatic carbocycles. The highest BCUT2D eigenvalue weighted by atomic mass is 35.5. The molecule has 0 N–H and O–H groups in total. The van der Waals surface area contributed by atoms with Gasteiger partial charge in [0, 0.05) is 6.08 Å². The van der Waals surface area contributed by atoms with Crippen molar-refractivity contribution in [3.63, 3.8) is 0 Å². The zero-order chi connectivity index (χ0) is 10.4. The van der Waals surface area contributed by atoms with E-state index >= 15 is 0 Å². The van der Waals surface area contributed by atoms with Gasteiger partial charge in [-0.15, -0.1) is 0 Å². The molecule has 0 aromatic heterocycles. The van der Waals surface area contributed by atoms with Crippen molar-refractivity contribution >= 4 is 35.1 Å². The summed E-state index contributed by atoms with van der Waals surface area (Å²) in [5.74, 6) is -0.228. The van der Waals surface area contributed by atoms with Crippen molar-refractivity contribution < 1.29 is 4.79 Å². The lowest BCUT2D eigenvalue weighted by atomic mass is 10.2. The predicted octanol–water partition coefficient (Wildman–Crippen LogP) is 3.59. The maximum absolute atomic E-state index is 11.1. The van der Waals surface area contributed by atoms with Crippen LogP contribution in [-0.2, 0) is 4.79 Å². The average molecular weight is 227 g/mol. The number of ketones is 1. The van der Waals surface area contributed by atoms with E-state index in [9.17, 15) is 4.79 Å². The van der Waals surface area contributed by atoms with Crippen LogP contribution in [0.3, 0.4) is 0 Å². The molecule has 1 aromatic carbocycles. The first-order chi connectivity index (χ1) is 6.68. The minimum Gasteiger partial charge on any atom is -0.290 e. The zero-order valence-corrected chi connectivity index (χ0v) is 8.79. The van der Waals surface area contributed by atoms with Gasteiger partial charge in [0.25, 0.3) is 0 Å². The van der Waals surface area contributed by atoms with Crippen molar-refractivity contribution in [2.24, 2.45) is 0 Å². The molecule has 0 unspecified atom stereocenters. The first-order valence-electron chi connectivity index (χ1n) is 3.98. The molecule has 0 bridgehead atoms. The molecule has 3 heteroatoms. The van der Waals surface area contributed by atoms with E-state index in [4.69, 9.17) is 23.2 Å². The summed E-state index contributed by atoms with van der Waals surface area (Å²) in [5, 5.41) is 0. The van der Waals surface area contributed by atoms with E-state index in [2.05, 4.69) is 0 Å². The second kappa shape index (κ2) is 5.63. The standard InChI is InChI=1S/C11H8Cl2O/c12-11(13)8-10(14)7-6-9-4-2-1-3-5-9/h1-8H/b7-6+. The Morgan fingerprint density at radius 1 is 1.14 bits per heavy atom. The molecule has 0 aliphatic heterocycles. The van der Waals surface area contributed by atoms with Crippen molar-refractivity contribution in [3.8, 4) is 0 Å². The normalized spacial score (nSPS) is 10.1. The molecule has 0 heterocycles. The topological polar surface area (TPSA) is 17.1 Å². The predicted molar refractivity (Wildman–Crippen MR) is 60.3 cm³/mol. The maximum atomic E-state index is 11.1. The van der Waals surface area contributed by atoms with Gasteiger partial charge in [0.1, 0.15) is 4.49 Å². The molecule has 1 nitrogen and oxygen atoms in total. The number of halogens is 2. The van der Waals surface area contributed by atoms with Gasteiger partial charge >= 0.3 is 0 Å². The average Bonchev–Trinajstić information content (AvgIpc) is 2.15. The highest BCUT2D eigenvalue weighted by Gasteiger charge is 1.92. The maximum Gasteiger partial charge on any atom is 0.181 e. The Hall–Kier alpha value is -1.05. The Morgan fingerprint density at radius 3 is 2.36 bits per heavy atom. The van der Waals surface area contributed by atoms with Gasteiger partial charge in [-0.05, 0) is 11.6 Å². The molecular formula is C11H8Cl2O. The highest BCUT2D eigenvalue weighted by molar-refractivity contribution is 6.56. The van der Waals surface area contributed by atoms with Gasteiger partial charge in [-0.3, -0.25) is 4.79 Å². The summed E-state index contributed by atoms with van der Waals surface area (Å²) in [4.78, 5) is 11.1. The second-order valence-electron chi connectivity index (χ2n) is 2.58. The molecular weight excluding hydrogens is 219 g/mol. The molecule has 0 amide bonds. The highest BCUT2D eigenvalue weighted by Crippen LogP contribution is 2.07. The van der Waals surface area contributed by atoms with Crippen molar-refractivity contribution in [1.82, 2.24) is 0 Å². The van der Waals surface area contributed by atoms with Gasteiger partial charge < -0.3 is 0 Å². The number of rotatable bonds is 3. The third kappa shape index (κ3) is 4.26. The number of carbonyl (C=O) groups is 1. The van der Waals surface area contributed by atoms with Crippen LogP contribution in [0.5, 0.6) is 0 Å². The Labute approximate surface area is 92.6 Å². The quantitative estimate of drug-likeness (QED) is 0.721. The number of carbonyl (C=O) groups excluding carboxylic acids is 1. The monoisotopic (exact) mass is 226 g/mol. The van der Waals surface area contributed by atoms with Crippen LogP contribution in [0.2, 0.25) is 0 Å².